The predicted octanol–water partition coefficient (Wildman–Crippen LogP) is 12.6. The summed E-state index contributed by atoms with van der Waals surface area (Å²) in [6.45, 7) is 0. The van der Waals surface area contributed by atoms with E-state index in [9.17, 15) is 0 Å². The van der Waals surface area contributed by atoms with Gasteiger partial charge in [0, 0.05) is 49.4 Å². The first-order valence-electron chi connectivity index (χ1n) is 17.5. The van der Waals surface area contributed by atoms with E-state index in [2.05, 4.69) is 202 Å². The fourth-order valence-corrected chi connectivity index (χ4v) is 8.39. The molecule has 8 aromatic carbocycles. The van der Waals surface area contributed by atoms with Crippen LogP contribution in [0.5, 0.6) is 0 Å². The van der Waals surface area contributed by atoms with Crippen molar-refractivity contribution < 1.29 is 0 Å². The third-order valence-electron chi connectivity index (χ3n) is 10.6. The molecule has 0 radical (unpaired) electrons. The van der Waals surface area contributed by atoms with E-state index in [1.165, 1.54) is 82.2 Å². The molecule has 11 aromatic rings. The third kappa shape index (κ3) is 4.12. The fraction of sp³-hybridized carbons (Fsp3) is 0. The molecule has 0 saturated carbocycles. The molecule has 0 bridgehead atoms. The van der Waals surface area contributed by atoms with Crippen LogP contribution in [0.1, 0.15) is 0 Å². The topological polar surface area (TPSA) is 14.8 Å². The highest BCUT2D eigenvalue weighted by atomic mass is 15.0. The normalized spacial score (nSPS) is 11.9. The summed E-state index contributed by atoms with van der Waals surface area (Å²) in [5.74, 6) is 0. The van der Waals surface area contributed by atoms with Crippen molar-refractivity contribution in [1.29, 1.82) is 0 Å². The first-order chi connectivity index (χ1) is 25.3. The van der Waals surface area contributed by atoms with Crippen LogP contribution in [0.15, 0.2) is 188 Å². The first-order valence-corrected chi connectivity index (χ1v) is 17.5. The molecule has 0 atom stereocenters. The Balaban J connectivity index is 1.13. The van der Waals surface area contributed by atoms with Crippen LogP contribution in [-0.2, 0) is 0 Å². The Hall–Kier alpha value is -6.84. The van der Waals surface area contributed by atoms with Gasteiger partial charge in [0.2, 0.25) is 0 Å². The zero-order valence-electron chi connectivity index (χ0n) is 27.7. The summed E-state index contributed by atoms with van der Waals surface area (Å²) < 4.78 is 7.23. The Morgan fingerprint density at radius 1 is 0.216 bits per heavy atom. The molecule has 11 rings (SSSR count). The molecule has 51 heavy (non-hydrogen) atoms. The predicted molar refractivity (Wildman–Crippen MR) is 215 cm³/mol. The van der Waals surface area contributed by atoms with Gasteiger partial charge in [-0.25, -0.2) is 0 Å². The van der Waals surface area contributed by atoms with Gasteiger partial charge in [0.15, 0.2) is 0 Å². The minimum atomic E-state index is 1.16. The highest BCUT2D eigenvalue weighted by molar-refractivity contribution is 6.14. The SMILES string of the molecule is c1ccc(-c2ccc3c(c2)c2ccccc2n3-c2ccc3c(c2)c2ccccc2n3-c2ccc3c(c2)c2ccccc2n3-c2ccccc2)cc1. The molecule has 3 heteroatoms. The quantitative estimate of drug-likeness (QED) is 0.180. The second-order valence-corrected chi connectivity index (χ2v) is 13.4. The molecular weight excluding hydrogens is 619 g/mol. The average molecular weight is 650 g/mol. The van der Waals surface area contributed by atoms with E-state index < -0.39 is 0 Å². The summed E-state index contributed by atoms with van der Waals surface area (Å²) >= 11 is 0. The largest absolute Gasteiger partial charge is 0.309 e. The highest BCUT2D eigenvalue weighted by Gasteiger charge is 2.18. The van der Waals surface area contributed by atoms with E-state index in [1.807, 2.05) is 0 Å². The van der Waals surface area contributed by atoms with Crippen LogP contribution in [0.3, 0.4) is 0 Å². The molecule has 3 heterocycles. The Morgan fingerprint density at radius 2 is 0.588 bits per heavy atom. The van der Waals surface area contributed by atoms with Crippen molar-refractivity contribution in [2.24, 2.45) is 0 Å². The van der Waals surface area contributed by atoms with Crippen molar-refractivity contribution in [2.45, 2.75) is 0 Å². The summed E-state index contributed by atoms with van der Waals surface area (Å²) in [6.07, 6.45) is 0. The molecule has 0 amide bonds. The van der Waals surface area contributed by atoms with Crippen LogP contribution in [0.25, 0.3) is 93.6 Å². The number of para-hydroxylation sites is 4. The van der Waals surface area contributed by atoms with E-state index in [0.717, 1.165) is 11.4 Å². The second kappa shape index (κ2) is 10.8. The molecule has 238 valence electrons. The minimum absolute atomic E-state index is 1.16. The van der Waals surface area contributed by atoms with Crippen molar-refractivity contribution >= 4 is 65.4 Å². The Kier molecular flexibility index (Phi) is 5.96. The van der Waals surface area contributed by atoms with Crippen molar-refractivity contribution in [3.8, 4) is 28.2 Å². The van der Waals surface area contributed by atoms with Gasteiger partial charge in [0.05, 0.1) is 33.1 Å². The van der Waals surface area contributed by atoms with Gasteiger partial charge < -0.3 is 13.7 Å². The minimum Gasteiger partial charge on any atom is -0.309 e. The Labute approximate surface area is 294 Å². The number of rotatable bonds is 4. The van der Waals surface area contributed by atoms with E-state index in [4.69, 9.17) is 0 Å². The molecule has 3 nitrogen and oxygen atoms in total. The van der Waals surface area contributed by atoms with Gasteiger partial charge in [-0.05, 0) is 90.0 Å². The third-order valence-corrected chi connectivity index (χ3v) is 10.6. The number of aromatic nitrogens is 3. The van der Waals surface area contributed by atoms with Gasteiger partial charge in [-0.15, -0.1) is 0 Å². The number of nitrogens with zero attached hydrogens (tertiary/aromatic N) is 3. The molecule has 0 aliphatic rings. The maximum absolute atomic E-state index is 2.43. The van der Waals surface area contributed by atoms with Gasteiger partial charge in [-0.3, -0.25) is 0 Å². The molecule has 0 N–H and O–H groups in total. The van der Waals surface area contributed by atoms with E-state index in [1.54, 1.807) is 0 Å². The van der Waals surface area contributed by atoms with E-state index in [-0.39, 0.29) is 0 Å². The Bertz CT molecular complexity index is 3120. The number of fused-ring (bicyclic) bond motifs is 9. The summed E-state index contributed by atoms with van der Waals surface area (Å²) in [5, 5.41) is 7.50. The zero-order valence-corrected chi connectivity index (χ0v) is 27.7. The van der Waals surface area contributed by atoms with Crippen LogP contribution in [0, 0.1) is 0 Å². The zero-order chi connectivity index (χ0) is 33.5. The molecule has 0 spiro atoms. The summed E-state index contributed by atoms with van der Waals surface area (Å²) in [7, 11) is 0. The van der Waals surface area contributed by atoms with Crippen LogP contribution < -0.4 is 0 Å². The molecule has 0 unspecified atom stereocenters. The number of hydrogen-bond acceptors (Lipinski definition) is 0. The van der Waals surface area contributed by atoms with Crippen LogP contribution in [-0.4, -0.2) is 13.7 Å². The maximum atomic E-state index is 2.43. The van der Waals surface area contributed by atoms with E-state index >= 15 is 0 Å². The number of benzene rings is 8. The lowest BCUT2D eigenvalue weighted by molar-refractivity contribution is 1.16. The molecule has 0 aliphatic carbocycles. The highest BCUT2D eigenvalue weighted by Crippen LogP contribution is 2.40. The van der Waals surface area contributed by atoms with E-state index in [0.29, 0.717) is 0 Å². The smallest absolute Gasteiger partial charge is 0.0542 e. The lowest BCUT2D eigenvalue weighted by Crippen LogP contribution is -1.96. The van der Waals surface area contributed by atoms with Gasteiger partial charge in [0.25, 0.3) is 0 Å². The van der Waals surface area contributed by atoms with Crippen molar-refractivity contribution in [3.63, 3.8) is 0 Å². The molecule has 0 fully saturated rings. The van der Waals surface area contributed by atoms with Gasteiger partial charge >= 0.3 is 0 Å². The van der Waals surface area contributed by atoms with Crippen LogP contribution in [0.4, 0.5) is 0 Å². The standard InChI is InChI=1S/C48H31N3/c1-3-13-32(14-4-1)33-23-26-46-40(29-33)37-17-7-11-21-44(37)50(46)35-25-28-48-42(31-35)39-19-9-12-22-45(39)51(48)36-24-27-47-41(30-36)38-18-8-10-20-43(38)49(47)34-15-5-2-6-16-34/h1-31H. The van der Waals surface area contributed by atoms with Crippen LogP contribution >= 0.6 is 0 Å². The average Bonchev–Trinajstić information content (AvgIpc) is 3.83. The molecule has 0 aliphatic heterocycles. The van der Waals surface area contributed by atoms with Gasteiger partial charge in [-0.1, -0.05) is 109 Å². The molecule has 0 saturated heterocycles. The van der Waals surface area contributed by atoms with Gasteiger partial charge in [0.1, 0.15) is 0 Å². The molecule has 3 aromatic heterocycles. The first kappa shape index (κ1) is 28.0. The fourth-order valence-electron chi connectivity index (χ4n) is 8.39. The Morgan fingerprint density at radius 3 is 1.10 bits per heavy atom. The summed E-state index contributed by atoms with van der Waals surface area (Å²) in [6, 6.07) is 68.4. The summed E-state index contributed by atoms with van der Waals surface area (Å²) in [5.41, 5.74) is 13.2. The van der Waals surface area contributed by atoms with Crippen LogP contribution in [0.2, 0.25) is 0 Å². The van der Waals surface area contributed by atoms with Crippen molar-refractivity contribution in [3.05, 3.63) is 188 Å². The van der Waals surface area contributed by atoms with Crippen molar-refractivity contribution in [1.82, 2.24) is 13.7 Å². The number of hydrogen-bond donors (Lipinski definition) is 0. The second-order valence-electron chi connectivity index (χ2n) is 13.4. The van der Waals surface area contributed by atoms with Gasteiger partial charge in [-0.2, -0.15) is 0 Å². The summed E-state index contributed by atoms with van der Waals surface area (Å²) in [4.78, 5) is 0. The lowest BCUT2D eigenvalue weighted by atomic mass is 10.0. The molecular formula is C48H31N3. The maximum Gasteiger partial charge on any atom is 0.0542 e. The lowest BCUT2D eigenvalue weighted by Gasteiger charge is -2.11. The van der Waals surface area contributed by atoms with Crippen molar-refractivity contribution in [2.75, 3.05) is 0 Å². The monoisotopic (exact) mass is 649 g/mol.